The van der Waals surface area contributed by atoms with Gasteiger partial charge in [0.1, 0.15) is 16.3 Å². The fraction of sp³-hybridized carbons (Fsp3) is 0.192. The van der Waals surface area contributed by atoms with E-state index < -0.39 is 50.8 Å². The van der Waals surface area contributed by atoms with Gasteiger partial charge in [-0.25, -0.2) is 0 Å². The van der Waals surface area contributed by atoms with E-state index in [0.717, 1.165) is 4.90 Å². The van der Waals surface area contributed by atoms with Crippen LogP contribution in [0.1, 0.15) is 22.3 Å². The Bertz CT molecular complexity index is 1380. The van der Waals surface area contributed by atoms with Crippen LogP contribution in [0, 0.1) is 22.0 Å². The van der Waals surface area contributed by atoms with Crippen molar-refractivity contribution in [3.63, 3.8) is 0 Å². The molecule has 7 rings (SSSR count). The number of hydrogen-bond acceptors (Lipinski definition) is 5. The Kier molecular flexibility index (Phi) is 4.81. The van der Waals surface area contributed by atoms with Gasteiger partial charge in [0.2, 0.25) is 17.7 Å². The number of nitro groups is 1. The molecule has 3 amide bonds. The second kappa shape index (κ2) is 7.62. The molecule has 3 aliphatic carbocycles. The van der Waals surface area contributed by atoms with Crippen LogP contribution in [-0.2, 0) is 24.1 Å². The van der Waals surface area contributed by atoms with Gasteiger partial charge in [-0.1, -0.05) is 54.6 Å². The molecule has 4 aliphatic rings. The Morgan fingerprint density at radius 2 is 1.33 bits per heavy atom. The van der Waals surface area contributed by atoms with Gasteiger partial charge in [-0.3, -0.25) is 29.4 Å². The topological polar surface area (TPSA) is 110 Å². The molecule has 180 valence electrons. The molecule has 0 unspecified atom stereocenters. The van der Waals surface area contributed by atoms with Crippen molar-refractivity contribution >= 4 is 52.3 Å². The Labute approximate surface area is 215 Å². The zero-order chi connectivity index (χ0) is 25.4. The molecule has 3 aromatic rings. The van der Waals surface area contributed by atoms with Gasteiger partial charge in [0, 0.05) is 17.8 Å². The Morgan fingerprint density at radius 3 is 1.78 bits per heavy atom. The number of non-ortho nitro benzene ring substituents is 1. The number of carbonyl (C=O) groups is 3. The number of rotatable bonds is 4. The van der Waals surface area contributed by atoms with Crippen molar-refractivity contribution in [1.29, 1.82) is 0 Å². The first kappa shape index (κ1) is 22.7. The van der Waals surface area contributed by atoms with E-state index in [0.29, 0.717) is 22.3 Å². The van der Waals surface area contributed by atoms with Crippen LogP contribution in [0.2, 0.25) is 0 Å². The lowest BCUT2D eigenvalue weighted by Crippen LogP contribution is -2.57. The van der Waals surface area contributed by atoms with Crippen LogP contribution >= 0.6 is 23.2 Å². The fourth-order valence-corrected chi connectivity index (χ4v) is 7.02. The monoisotopic (exact) mass is 521 g/mol. The molecule has 36 heavy (non-hydrogen) atoms. The van der Waals surface area contributed by atoms with Crippen molar-refractivity contribution in [1.82, 2.24) is 4.90 Å². The molecule has 1 saturated heterocycles. The zero-order valence-electron chi connectivity index (χ0n) is 18.5. The molecule has 8 nitrogen and oxygen atoms in total. The third kappa shape index (κ3) is 2.79. The van der Waals surface area contributed by atoms with E-state index in [4.69, 9.17) is 23.2 Å². The molecule has 0 saturated carbocycles. The molecule has 0 radical (unpaired) electrons. The number of anilines is 1. The van der Waals surface area contributed by atoms with E-state index in [9.17, 15) is 24.5 Å². The van der Waals surface area contributed by atoms with Crippen LogP contribution in [-0.4, -0.2) is 34.1 Å². The maximum atomic E-state index is 13.7. The zero-order valence-corrected chi connectivity index (χ0v) is 20.0. The highest BCUT2D eigenvalue weighted by molar-refractivity contribution is 6.36. The lowest BCUT2D eigenvalue weighted by Gasteiger charge is -2.54. The van der Waals surface area contributed by atoms with Crippen LogP contribution in [0.25, 0.3) is 0 Å². The van der Waals surface area contributed by atoms with Crippen LogP contribution in [0.3, 0.4) is 0 Å². The molecule has 0 aromatic heterocycles. The normalized spacial score (nSPS) is 27.3. The van der Waals surface area contributed by atoms with Gasteiger partial charge >= 0.3 is 0 Å². The standard InChI is InChI=1S/C26H17Cl2N3O5/c27-25-16-8-1-2-9-17(16)26(28,19-11-4-3-10-18(19)25)22-21(25)23(33)30(24(22)34)13-20(32)29-14-6-5-7-15(12-14)31(35)36/h1-12,21-22H,13H2,(H,29,32)/t21-,22-,25?,26?/m1/s1. The number of amides is 3. The number of benzene rings is 3. The SMILES string of the molecule is O=C(CN1C(=O)[C@H]2[C@H](C1=O)C1(Cl)c3ccccc3C2(Cl)c2ccccc21)Nc1cccc([N+](=O)[O-])c1. The van der Waals surface area contributed by atoms with E-state index in [-0.39, 0.29) is 11.4 Å². The molecule has 10 heteroatoms. The quantitative estimate of drug-likeness (QED) is 0.240. The summed E-state index contributed by atoms with van der Waals surface area (Å²) in [6.45, 7) is -0.569. The molecule has 2 atom stereocenters. The number of likely N-dealkylation sites (tertiary alicyclic amines) is 1. The van der Waals surface area contributed by atoms with Gasteiger partial charge < -0.3 is 5.32 Å². The molecular weight excluding hydrogens is 505 g/mol. The minimum atomic E-state index is -1.33. The predicted molar refractivity (Wildman–Crippen MR) is 132 cm³/mol. The van der Waals surface area contributed by atoms with E-state index in [1.165, 1.54) is 24.3 Å². The predicted octanol–water partition coefficient (Wildman–Crippen LogP) is 4.13. The third-order valence-corrected chi connectivity index (χ3v) is 8.60. The highest BCUT2D eigenvalue weighted by atomic mass is 35.5. The lowest BCUT2D eigenvalue weighted by atomic mass is 9.54. The second-order valence-corrected chi connectivity index (χ2v) is 10.3. The first-order valence-electron chi connectivity index (χ1n) is 11.2. The van der Waals surface area contributed by atoms with Crippen molar-refractivity contribution in [2.24, 2.45) is 11.8 Å². The summed E-state index contributed by atoms with van der Waals surface area (Å²) in [4.78, 5) is 49.0. The number of nitrogens with one attached hydrogen (secondary N) is 1. The maximum absolute atomic E-state index is 13.7. The molecule has 1 heterocycles. The van der Waals surface area contributed by atoms with Crippen molar-refractivity contribution in [3.05, 3.63) is 105 Å². The van der Waals surface area contributed by atoms with Crippen molar-refractivity contribution in [2.75, 3.05) is 11.9 Å². The maximum Gasteiger partial charge on any atom is 0.271 e. The van der Waals surface area contributed by atoms with Crippen LogP contribution in [0.15, 0.2) is 72.8 Å². The number of nitro benzene ring substituents is 1. The summed E-state index contributed by atoms with van der Waals surface area (Å²) in [5, 5.41) is 13.6. The highest BCUT2D eigenvalue weighted by Crippen LogP contribution is 2.69. The highest BCUT2D eigenvalue weighted by Gasteiger charge is 2.73. The second-order valence-electron chi connectivity index (χ2n) is 9.09. The van der Waals surface area contributed by atoms with Crippen LogP contribution in [0.4, 0.5) is 11.4 Å². The van der Waals surface area contributed by atoms with Gasteiger partial charge in [-0.2, -0.15) is 0 Å². The van der Waals surface area contributed by atoms with E-state index in [1.807, 2.05) is 48.5 Å². The Balaban J connectivity index is 1.38. The first-order chi connectivity index (χ1) is 17.2. The number of halogens is 2. The summed E-state index contributed by atoms with van der Waals surface area (Å²) >= 11 is 14.7. The van der Waals surface area contributed by atoms with E-state index in [2.05, 4.69) is 5.32 Å². The number of hydrogen-bond donors (Lipinski definition) is 1. The average molecular weight is 522 g/mol. The molecule has 0 spiro atoms. The smallest absolute Gasteiger partial charge is 0.271 e. The fourth-order valence-electron chi connectivity index (χ4n) is 5.92. The summed E-state index contributed by atoms with van der Waals surface area (Å²) in [7, 11) is 0. The van der Waals surface area contributed by atoms with E-state index in [1.54, 1.807) is 0 Å². The van der Waals surface area contributed by atoms with Crippen LogP contribution in [0.5, 0.6) is 0 Å². The number of carbonyl (C=O) groups excluding carboxylic acids is 3. The minimum Gasteiger partial charge on any atom is -0.324 e. The average Bonchev–Trinajstić information content (AvgIpc) is 3.13. The molecule has 1 aliphatic heterocycles. The largest absolute Gasteiger partial charge is 0.324 e. The Morgan fingerprint density at radius 1 is 0.861 bits per heavy atom. The number of alkyl halides is 2. The summed E-state index contributed by atoms with van der Waals surface area (Å²) < 4.78 is 0. The Hall–Kier alpha value is -3.75. The van der Waals surface area contributed by atoms with Crippen molar-refractivity contribution in [2.45, 2.75) is 9.75 Å². The summed E-state index contributed by atoms with van der Waals surface area (Å²) in [6, 6.07) is 19.9. The summed E-state index contributed by atoms with van der Waals surface area (Å²) in [6.07, 6.45) is 0. The first-order valence-corrected chi connectivity index (χ1v) is 11.9. The number of imide groups is 1. The molecular formula is C26H17Cl2N3O5. The summed E-state index contributed by atoms with van der Waals surface area (Å²) in [5.41, 5.74) is 2.66. The van der Waals surface area contributed by atoms with E-state index >= 15 is 0 Å². The third-order valence-electron chi connectivity index (χ3n) is 7.32. The summed E-state index contributed by atoms with van der Waals surface area (Å²) in [5.74, 6) is -3.84. The van der Waals surface area contributed by atoms with Gasteiger partial charge in [-0.15, -0.1) is 23.2 Å². The van der Waals surface area contributed by atoms with Gasteiger partial charge in [0.25, 0.3) is 5.69 Å². The molecule has 1 N–H and O–H groups in total. The molecule has 3 aromatic carbocycles. The van der Waals surface area contributed by atoms with Crippen molar-refractivity contribution in [3.8, 4) is 0 Å². The number of nitrogens with zero attached hydrogens (tertiary/aromatic N) is 2. The molecule has 1 fully saturated rings. The van der Waals surface area contributed by atoms with Gasteiger partial charge in [-0.05, 0) is 28.3 Å². The van der Waals surface area contributed by atoms with Crippen molar-refractivity contribution < 1.29 is 19.3 Å². The van der Waals surface area contributed by atoms with Crippen LogP contribution < -0.4 is 5.32 Å². The molecule has 2 bridgehead atoms. The van der Waals surface area contributed by atoms with Gasteiger partial charge in [0.05, 0.1) is 16.8 Å². The minimum absolute atomic E-state index is 0.174. The lowest BCUT2D eigenvalue weighted by molar-refractivity contribution is -0.384. The van der Waals surface area contributed by atoms with Gasteiger partial charge in [0.15, 0.2) is 0 Å².